The zero-order valence-electron chi connectivity index (χ0n) is 13.7. The van der Waals surface area contributed by atoms with E-state index in [4.69, 9.17) is 0 Å². The predicted molar refractivity (Wildman–Crippen MR) is 96.4 cm³/mol. The van der Waals surface area contributed by atoms with Crippen LogP contribution in [0.5, 0.6) is 0 Å². The topological polar surface area (TPSA) is 68.3 Å². The molecule has 5 nitrogen and oxygen atoms in total. The smallest absolute Gasteiger partial charge is 0.305 e. The van der Waals surface area contributed by atoms with Crippen LogP contribution in [-0.4, -0.2) is 30.5 Å². The molecule has 2 aromatic rings. The summed E-state index contributed by atoms with van der Waals surface area (Å²) in [5, 5.41) is 4.84. The number of carbonyl (C=O) groups excluding carboxylic acids is 2. The zero-order chi connectivity index (χ0) is 17.4. The summed E-state index contributed by atoms with van der Waals surface area (Å²) in [4.78, 5) is 27.4. The number of methoxy groups -OCH3 is 1. The average Bonchev–Trinajstić information content (AvgIpc) is 3.02. The molecule has 0 aliphatic heterocycles. The second kappa shape index (κ2) is 9.44. The number of carbonyl (C=O) groups is 2. The molecule has 1 aromatic heterocycles. The largest absolute Gasteiger partial charge is 0.469 e. The Hall–Kier alpha value is -1.86. The first-order valence-electron chi connectivity index (χ1n) is 7.57. The van der Waals surface area contributed by atoms with Crippen LogP contribution >= 0.6 is 23.1 Å². The molecule has 0 saturated heterocycles. The van der Waals surface area contributed by atoms with Crippen LogP contribution in [0, 0.1) is 6.92 Å². The minimum absolute atomic E-state index is 0.130. The molecule has 0 atom stereocenters. The fourth-order valence-electron chi connectivity index (χ4n) is 1.93. The molecule has 0 aliphatic carbocycles. The summed E-state index contributed by atoms with van der Waals surface area (Å²) >= 11 is 3.34. The summed E-state index contributed by atoms with van der Waals surface area (Å²) in [5.74, 6) is 0.435. The summed E-state index contributed by atoms with van der Waals surface area (Å²) in [5.41, 5.74) is 2.81. The van der Waals surface area contributed by atoms with Crippen molar-refractivity contribution in [1.82, 2.24) is 10.3 Å². The van der Waals surface area contributed by atoms with Crippen LogP contribution in [0.4, 0.5) is 0 Å². The molecule has 1 amide bonds. The van der Waals surface area contributed by atoms with E-state index in [2.05, 4.69) is 15.0 Å². The fourth-order valence-corrected chi connectivity index (χ4v) is 3.74. The zero-order valence-corrected chi connectivity index (χ0v) is 15.3. The third-order valence-corrected chi connectivity index (χ3v) is 5.46. The normalized spacial score (nSPS) is 10.4. The van der Waals surface area contributed by atoms with Gasteiger partial charge in [-0.25, -0.2) is 4.98 Å². The highest BCUT2D eigenvalue weighted by atomic mass is 32.2. The Morgan fingerprint density at radius 1 is 1.29 bits per heavy atom. The predicted octanol–water partition coefficient (Wildman–Crippen LogP) is 3.43. The standard InChI is InChI=1S/C17H20N2O3S2/c1-12-10-23-17(19-12)24-11-13-5-7-14(8-6-13)16(21)18-9-3-4-15(20)22-2/h5-8,10H,3-4,9,11H2,1-2H3,(H,18,21). The molecule has 1 heterocycles. The van der Waals surface area contributed by atoms with Gasteiger partial charge < -0.3 is 10.1 Å². The molecule has 0 radical (unpaired) electrons. The maximum atomic E-state index is 12.0. The lowest BCUT2D eigenvalue weighted by Gasteiger charge is -2.06. The fraction of sp³-hybridized carbons (Fsp3) is 0.353. The number of amides is 1. The number of ether oxygens (including phenoxy) is 1. The molecule has 24 heavy (non-hydrogen) atoms. The Labute approximate surface area is 149 Å². The van der Waals surface area contributed by atoms with Crippen molar-refractivity contribution >= 4 is 35.0 Å². The van der Waals surface area contributed by atoms with Crippen molar-refractivity contribution in [3.8, 4) is 0 Å². The van der Waals surface area contributed by atoms with E-state index in [-0.39, 0.29) is 11.9 Å². The van der Waals surface area contributed by atoms with Crippen LogP contribution in [0.25, 0.3) is 0 Å². The van der Waals surface area contributed by atoms with Gasteiger partial charge in [-0.1, -0.05) is 23.9 Å². The molecule has 1 aromatic carbocycles. The number of nitrogens with zero attached hydrogens (tertiary/aromatic N) is 1. The Bertz CT molecular complexity index is 683. The second-order valence-corrected chi connectivity index (χ2v) is 7.26. The van der Waals surface area contributed by atoms with Gasteiger partial charge in [0.05, 0.1) is 7.11 Å². The molecule has 0 fully saturated rings. The van der Waals surface area contributed by atoms with Crippen LogP contribution in [0.3, 0.4) is 0 Å². The van der Waals surface area contributed by atoms with Crippen LogP contribution in [0.1, 0.15) is 34.5 Å². The van der Waals surface area contributed by atoms with Gasteiger partial charge in [0.15, 0.2) is 0 Å². The van der Waals surface area contributed by atoms with Gasteiger partial charge in [-0.2, -0.15) is 0 Å². The Balaban J connectivity index is 1.76. The first kappa shape index (κ1) is 18.5. The lowest BCUT2D eigenvalue weighted by molar-refractivity contribution is -0.140. The average molecular weight is 364 g/mol. The maximum absolute atomic E-state index is 12.0. The Morgan fingerprint density at radius 2 is 2.04 bits per heavy atom. The van der Waals surface area contributed by atoms with Gasteiger partial charge in [0.25, 0.3) is 5.91 Å². The third-order valence-electron chi connectivity index (χ3n) is 3.25. The lowest BCUT2D eigenvalue weighted by atomic mass is 10.1. The number of esters is 1. The first-order chi connectivity index (χ1) is 11.6. The van der Waals surface area contributed by atoms with Gasteiger partial charge in [-0.3, -0.25) is 9.59 Å². The molecular formula is C17H20N2O3S2. The van der Waals surface area contributed by atoms with Crippen molar-refractivity contribution in [3.05, 3.63) is 46.5 Å². The van der Waals surface area contributed by atoms with Crippen molar-refractivity contribution < 1.29 is 14.3 Å². The van der Waals surface area contributed by atoms with Gasteiger partial charge in [0.2, 0.25) is 0 Å². The maximum Gasteiger partial charge on any atom is 0.305 e. The summed E-state index contributed by atoms with van der Waals surface area (Å²) in [6, 6.07) is 7.55. The molecule has 0 saturated carbocycles. The quantitative estimate of drug-likeness (QED) is 0.441. The molecule has 7 heteroatoms. The molecule has 0 aliphatic rings. The van der Waals surface area contributed by atoms with Gasteiger partial charge in [0.1, 0.15) is 4.34 Å². The van der Waals surface area contributed by atoms with Gasteiger partial charge in [-0.15, -0.1) is 11.3 Å². The van der Waals surface area contributed by atoms with E-state index >= 15 is 0 Å². The summed E-state index contributed by atoms with van der Waals surface area (Å²) in [6.07, 6.45) is 0.879. The number of aromatic nitrogens is 1. The molecule has 0 unspecified atom stereocenters. The molecule has 2 rings (SSSR count). The van der Waals surface area contributed by atoms with Crippen molar-refractivity contribution in [2.75, 3.05) is 13.7 Å². The number of hydrogen-bond acceptors (Lipinski definition) is 6. The highest BCUT2D eigenvalue weighted by molar-refractivity contribution is 8.00. The molecular weight excluding hydrogens is 344 g/mol. The number of nitrogens with one attached hydrogen (secondary N) is 1. The molecule has 128 valence electrons. The van der Waals surface area contributed by atoms with E-state index in [1.54, 1.807) is 23.1 Å². The Morgan fingerprint density at radius 3 is 2.67 bits per heavy atom. The number of thiazole rings is 1. The molecule has 0 bridgehead atoms. The highest BCUT2D eigenvalue weighted by Gasteiger charge is 2.06. The van der Waals surface area contributed by atoms with E-state index < -0.39 is 0 Å². The highest BCUT2D eigenvalue weighted by Crippen LogP contribution is 2.26. The van der Waals surface area contributed by atoms with Crippen molar-refractivity contribution in [1.29, 1.82) is 0 Å². The number of rotatable bonds is 8. The molecule has 1 N–H and O–H groups in total. The number of benzene rings is 1. The minimum Gasteiger partial charge on any atom is -0.469 e. The summed E-state index contributed by atoms with van der Waals surface area (Å²) in [7, 11) is 1.36. The minimum atomic E-state index is -0.262. The van der Waals surface area contributed by atoms with Crippen LogP contribution < -0.4 is 5.32 Å². The SMILES string of the molecule is COC(=O)CCCNC(=O)c1ccc(CSc2nc(C)cs2)cc1. The van der Waals surface area contributed by atoms with Crippen molar-refractivity contribution in [3.63, 3.8) is 0 Å². The van der Waals surface area contributed by atoms with E-state index in [0.717, 1.165) is 21.3 Å². The van der Waals surface area contributed by atoms with Crippen molar-refractivity contribution in [2.45, 2.75) is 29.9 Å². The second-order valence-electron chi connectivity index (χ2n) is 5.18. The van der Waals surface area contributed by atoms with E-state index in [1.165, 1.54) is 7.11 Å². The van der Waals surface area contributed by atoms with Crippen LogP contribution in [0.15, 0.2) is 34.0 Å². The van der Waals surface area contributed by atoms with Crippen molar-refractivity contribution in [2.24, 2.45) is 0 Å². The lowest BCUT2D eigenvalue weighted by Crippen LogP contribution is -2.24. The van der Waals surface area contributed by atoms with E-state index in [9.17, 15) is 9.59 Å². The number of aryl methyl sites for hydroxylation is 1. The van der Waals surface area contributed by atoms with Crippen LogP contribution in [-0.2, 0) is 15.3 Å². The monoisotopic (exact) mass is 364 g/mol. The Kier molecular flexibility index (Phi) is 7.27. The van der Waals surface area contributed by atoms with Gasteiger partial charge in [0, 0.05) is 35.4 Å². The van der Waals surface area contributed by atoms with E-state index in [0.29, 0.717) is 24.9 Å². The summed E-state index contributed by atoms with van der Waals surface area (Å²) in [6.45, 7) is 2.44. The number of thioether (sulfide) groups is 1. The first-order valence-corrected chi connectivity index (χ1v) is 9.44. The van der Waals surface area contributed by atoms with Crippen LogP contribution in [0.2, 0.25) is 0 Å². The molecule has 0 spiro atoms. The number of hydrogen-bond donors (Lipinski definition) is 1. The summed E-state index contributed by atoms with van der Waals surface area (Å²) < 4.78 is 5.61. The van der Waals surface area contributed by atoms with Gasteiger partial charge >= 0.3 is 5.97 Å². The van der Waals surface area contributed by atoms with E-state index in [1.807, 2.05) is 36.6 Å². The van der Waals surface area contributed by atoms with Gasteiger partial charge in [-0.05, 0) is 31.0 Å². The third kappa shape index (κ3) is 5.98.